The predicted molar refractivity (Wildman–Crippen MR) is 52.2 cm³/mol. The topological polar surface area (TPSA) is 26.0 Å². The van der Waals surface area contributed by atoms with Gasteiger partial charge in [0.15, 0.2) is 0 Å². The highest BCUT2D eigenvalue weighted by atomic mass is 14.6. The molecule has 12 heavy (non-hydrogen) atoms. The van der Waals surface area contributed by atoms with E-state index in [1.165, 1.54) is 30.4 Å². The quantitative estimate of drug-likeness (QED) is 0.630. The third-order valence-corrected chi connectivity index (χ3v) is 2.79. The first kappa shape index (κ1) is 7.66. The number of nitrogens with two attached hydrogens (primary N) is 1. The summed E-state index contributed by atoms with van der Waals surface area (Å²) in [7, 11) is 0. The third kappa shape index (κ3) is 1.20. The van der Waals surface area contributed by atoms with Crippen LogP contribution in [0.1, 0.15) is 36.3 Å². The van der Waals surface area contributed by atoms with Crippen molar-refractivity contribution in [2.24, 2.45) is 0 Å². The summed E-state index contributed by atoms with van der Waals surface area (Å²) in [5, 5.41) is 0. The van der Waals surface area contributed by atoms with Crippen molar-refractivity contribution in [3.8, 4) is 0 Å². The average Bonchev–Trinajstić information content (AvgIpc) is 1.93. The number of hydrogen-bond acceptors (Lipinski definition) is 1. The highest BCUT2D eigenvalue weighted by Crippen LogP contribution is 2.39. The van der Waals surface area contributed by atoms with Gasteiger partial charge in [-0.1, -0.05) is 24.1 Å². The molecule has 1 heteroatoms. The minimum Gasteiger partial charge on any atom is -0.398 e. The fourth-order valence-corrected chi connectivity index (χ4v) is 1.77. The molecule has 0 amide bonds. The van der Waals surface area contributed by atoms with Gasteiger partial charge in [-0.2, -0.15) is 0 Å². The van der Waals surface area contributed by atoms with Gasteiger partial charge in [0.25, 0.3) is 0 Å². The zero-order chi connectivity index (χ0) is 8.55. The van der Waals surface area contributed by atoms with Gasteiger partial charge in [-0.05, 0) is 37.3 Å². The zero-order valence-corrected chi connectivity index (χ0v) is 7.51. The summed E-state index contributed by atoms with van der Waals surface area (Å²) in [6.07, 6.45) is 4.03. The van der Waals surface area contributed by atoms with Crippen LogP contribution in [0.5, 0.6) is 0 Å². The Morgan fingerprint density at radius 2 is 2.08 bits per heavy atom. The highest BCUT2D eigenvalue weighted by molar-refractivity contribution is 5.50. The van der Waals surface area contributed by atoms with E-state index < -0.39 is 0 Å². The van der Waals surface area contributed by atoms with Gasteiger partial charge in [0.2, 0.25) is 0 Å². The van der Waals surface area contributed by atoms with Crippen LogP contribution in [0.3, 0.4) is 0 Å². The van der Waals surface area contributed by atoms with Gasteiger partial charge in [-0.25, -0.2) is 0 Å². The lowest BCUT2D eigenvalue weighted by Crippen LogP contribution is -2.11. The van der Waals surface area contributed by atoms with Crippen LogP contribution in [0, 0.1) is 6.92 Å². The maximum Gasteiger partial charge on any atom is 0.0349 e. The van der Waals surface area contributed by atoms with Gasteiger partial charge < -0.3 is 5.73 Å². The van der Waals surface area contributed by atoms with E-state index in [0.29, 0.717) is 0 Å². The summed E-state index contributed by atoms with van der Waals surface area (Å²) in [6, 6.07) is 6.35. The summed E-state index contributed by atoms with van der Waals surface area (Å²) in [6.45, 7) is 2.13. The number of anilines is 1. The summed E-state index contributed by atoms with van der Waals surface area (Å²) in [4.78, 5) is 0. The molecule has 0 aliphatic heterocycles. The molecule has 1 aromatic carbocycles. The largest absolute Gasteiger partial charge is 0.398 e. The standard InChI is InChI=1S/C11H15N/c1-8-5-6-11(12)10(7-8)9-3-2-4-9/h5-7,9H,2-4,12H2,1H3. The lowest BCUT2D eigenvalue weighted by molar-refractivity contribution is 0.420. The molecule has 0 bridgehead atoms. The van der Waals surface area contributed by atoms with Gasteiger partial charge >= 0.3 is 0 Å². The summed E-state index contributed by atoms with van der Waals surface area (Å²) in [5.41, 5.74) is 9.58. The fourth-order valence-electron chi connectivity index (χ4n) is 1.77. The predicted octanol–water partition coefficient (Wildman–Crippen LogP) is 2.84. The Labute approximate surface area is 73.6 Å². The van der Waals surface area contributed by atoms with Crippen LogP contribution in [0.15, 0.2) is 18.2 Å². The molecule has 2 rings (SSSR count). The molecule has 1 aliphatic carbocycles. The maximum absolute atomic E-state index is 5.90. The summed E-state index contributed by atoms with van der Waals surface area (Å²) < 4.78 is 0. The molecule has 1 aliphatic rings. The lowest BCUT2D eigenvalue weighted by atomic mass is 9.79. The highest BCUT2D eigenvalue weighted by Gasteiger charge is 2.21. The molecular formula is C11H15N. The first-order valence-corrected chi connectivity index (χ1v) is 4.63. The number of aryl methyl sites for hydroxylation is 1. The second-order valence-corrected chi connectivity index (χ2v) is 3.76. The van der Waals surface area contributed by atoms with E-state index >= 15 is 0 Å². The molecule has 0 atom stereocenters. The molecule has 1 nitrogen and oxygen atoms in total. The normalized spacial score (nSPS) is 17.4. The molecule has 0 spiro atoms. The van der Waals surface area contributed by atoms with Crippen molar-refractivity contribution in [1.82, 2.24) is 0 Å². The molecular weight excluding hydrogens is 146 g/mol. The molecule has 1 fully saturated rings. The molecule has 0 unspecified atom stereocenters. The van der Waals surface area contributed by atoms with Crippen molar-refractivity contribution in [1.29, 1.82) is 0 Å². The van der Waals surface area contributed by atoms with Crippen molar-refractivity contribution in [2.45, 2.75) is 32.1 Å². The van der Waals surface area contributed by atoms with E-state index in [9.17, 15) is 0 Å². The van der Waals surface area contributed by atoms with Crippen molar-refractivity contribution < 1.29 is 0 Å². The minimum atomic E-state index is 0.755. The minimum absolute atomic E-state index is 0.755. The van der Waals surface area contributed by atoms with Gasteiger partial charge in [0, 0.05) is 5.69 Å². The molecule has 64 valence electrons. The Morgan fingerprint density at radius 1 is 1.33 bits per heavy atom. The van der Waals surface area contributed by atoms with Crippen LogP contribution >= 0.6 is 0 Å². The van der Waals surface area contributed by atoms with Gasteiger partial charge in [0.05, 0.1) is 0 Å². The van der Waals surface area contributed by atoms with Crippen molar-refractivity contribution >= 4 is 5.69 Å². The number of hydrogen-bond donors (Lipinski definition) is 1. The van der Waals surface area contributed by atoms with E-state index in [1.54, 1.807) is 0 Å². The van der Waals surface area contributed by atoms with Crippen LogP contribution in [0.2, 0.25) is 0 Å². The van der Waals surface area contributed by atoms with Crippen molar-refractivity contribution in [2.75, 3.05) is 5.73 Å². The molecule has 0 radical (unpaired) electrons. The SMILES string of the molecule is Cc1ccc(N)c(C2CCC2)c1. The second kappa shape index (κ2) is 2.81. The van der Waals surface area contributed by atoms with Crippen LogP contribution in [0.25, 0.3) is 0 Å². The second-order valence-electron chi connectivity index (χ2n) is 3.76. The monoisotopic (exact) mass is 161 g/mol. The van der Waals surface area contributed by atoms with E-state index in [1.807, 2.05) is 6.07 Å². The van der Waals surface area contributed by atoms with Crippen LogP contribution in [0.4, 0.5) is 5.69 Å². The Balaban J connectivity index is 2.34. The number of nitrogen functional groups attached to an aromatic ring is 1. The Hall–Kier alpha value is -0.980. The maximum atomic E-state index is 5.90. The fraction of sp³-hybridized carbons (Fsp3) is 0.455. The lowest BCUT2D eigenvalue weighted by Gasteiger charge is -2.27. The Kier molecular flexibility index (Phi) is 1.80. The first-order valence-electron chi connectivity index (χ1n) is 4.63. The van der Waals surface area contributed by atoms with Gasteiger partial charge in [-0.15, -0.1) is 0 Å². The third-order valence-electron chi connectivity index (χ3n) is 2.79. The molecule has 0 heterocycles. The average molecular weight is 161 g/mol. The van der Waals surface area contributed by atoms with Crippen LogP contribution < -0.4 is 5.73 Å². The van der Waals surface area contributed by atoms with Gasteiger partial charge in [-0.3, -0.25) is 0 Å². The van der Waals surface area contributed by atoms with E-state index in [-0.39, 0.29) is 0 Å². The van der Waals surface area contributed by atoms with Crippen LogP contribution in [-0.4, -0.2) is 0 Å². The van der Waals surface area contributed by atoms with E-state index in [0.717, 1.165) is 11.6 Å². The van der Waals surface area contributed by atoms with Crippen molar-refractivity contribution in [3.63, 3.8) is 0 Å². The summed E-state index contributed by atoms with van der Waals surface area (Å²) >= 11 is 0. The molecule has 0 saturated heterocycles. The smallest absolute Gasteiger partial charge is 0.0349 e. The Morgan fingerprint density at radius 3 is 2.67 bits per heavy atom. The Bertz CT molecular complexity index is 287. The number of benzene rings is 1. The van der Waals surface area contributed by atoms with Gasteiger partial charge in [0.1, 0.15) is 0 Å². The molecule has 1 saturated carbocycles. The van der Waals surface area contributed by atoms with E-state index in [4.69, 9.17) is 5.73 Å². The zero-order valence-electron chi connectivity index (χ0n) is 7.51. The van der Waals surface area contributed by atoms with Crippen LogP contribution in [-0.2, 0) is 0 Å². The number of rotatable bonds is 1. The van der Waals surface area contributed by atoms with Crippen molar-refractivity contribution in [3.05, 3.63) is 29.3 Å². The molecule has 0 aromatic heterocycles. The molecule has 1 aromatic rings. The van der Waals surface area contributed by atoms with E-state index in [2.05, 4.69) is 19.1 Å². The molecule has 2 N–H and O–H groups in total. The summed E-state index contributed by atoms with van der Waals surface area (Å²) in [5.74, 6) is 0.755. The first-order chi connectivity index (χ1) is 5.77.